The van der Waals surface area contributed by atoms with Crippen LogP contribution in [0.15, 0.2) is 24.3 Å². The summed E-state index contributed by atoms with van der Waals surface area (Å²) in [6, 6.07) is 8.13. The van der Waals surface area contributed by atoms with E-state index in [1.54, 1.807) is 11.6 Å². The molecule has 0 radical (unpaired) electrons. The molecule has 0 saturated heterocycles. The van der Waals surface area contributed by atoms with Crippen molar-refractivity contribution in [2.75, 3.05) is 13.6 Å². The minimum Gasteiger partial charge on any atom is -0.402 e. The number of H-pyrrole nitrogens is 1. The van der Waals surface area contributed by atoms with E-state index in [9.17, 15) is 4.79 Å². The number of hydrogen-bond acceptors (Lipinski definition) is 3. The zero-order valence-electron chi connectivity index (χ0n) is 21.1. The smallest absolute Gasteiger partial charge is 0.402 e. The number of ether oxygens (including phenoxy) is 1. The van der Waals surface area contributed by atoms with Crippen LogP contribution in [0.3, 0.4) is 0 Å². The Balaban J connectivity index is 1.83. The Morgan fingerprint density at radius 1 is 1.24 bits per heavy atom. The Morgan fingerprint density at radius 2 is 1.88 bits per heavy atom. The van der Waals surface area contributed by atoms with Crippen molar-refractivity contribution in [3.63, 3.8) is 0 Å². The van der Waals surface area contributed by atoms with Crippen LogP contribution in [0.25, 0.3) is 21.9 Å². The van der Waals surface area contributed by atoms with Gasteiger partial charge in [0, 0.05) is 24.7 Å². The van der Waals surface area contributed by atoms with E-state index in [1.807, 2.05) is 38.1 Å². The van der Waals surface area contributed by atoms with E-state index < -0.39 is 6.09 Å². The first-order valence-corrected chi connectivity index (χ1v) is 12.2. The van der Waals surface area contributed by atoms with Crippen LogP contribution in [0.4, 0.5) is 10.5 Å². The summed E-state index contributed by atoms with van der Waals surface area (Å²) in [5, 5.41) is 3.29. The summed E-state index contributed by atoms with van der Waals surface area (Å²) in [6.45, 7) is 19.4. The fraction of sp³-hybridized carbons (Fsp3) is 0.519. The van der Waals surface area contributed by atoms with Gasteiger partial charge in [0.2, 0.25) is 5.88 Å². The van der Waals surface area contributed by atoms with Crippen molar-refractivity contribution in [2.45, 2.75) is 53.9 Å². The predicted octanol–water partition coefficient (Wildman–Crippen LogP) is 6.50. The standard InChI is InChI=1S/C27H35N5O2/c1-8-31(7)27(33)34-26-23(28-6)22(15-21-18(4)13-17(3)14-19(21)5)25-29-24(30-32(25)26)20-11-9-16(2)10-12-20/h9-12,17-19,21H,8,13-15H2,1-5,7H3,(H,29,30). The molecule has 1 aliphatic carbocycles. The molecule has 3 aromatic rings. The minimum atomic E-state index is -0.488. The number of nitrogens with one attached hydrogen (secondary N) is 1. The lowest BCUT2D eigenvalue weighted by atomic mass is 9.67. The number of hydrogen-bond donors (Lipinski definition) is 1. The molecule has 2 heterocycles. The molecule has 1 aromatic carbocycles. The number of fused-ring (bicyclic) bond motifs is 1. The lowest BCUT2D eigenvalue weighted by molar-refractivity contribution is 0.136. The van der Waals surface area contributed by atoms with Gasteiger partial charge in [-0.1, -0.05) is 50.6 Å². The van der Waals surface area contributed by atoms with Crippen molar-refractivity contribution in [1.82, 2.24) is 19.5 Å². The highest BCUT2D eigenvalue weighted by Crippen LogP contribution is 2.45. The summed E-state index contributed by atoms with van der Waals surface area (Å²) in [7, 11) is 1.68. The van der Waals surface area contributed by atoms with Crippen LogP contribution in [-0.4, -0.2) is 39.2 Å². The van der Waals surface area contributed by atoms with E-state index in [-0.39, 0.29) is 5.88 Å². The molecule has 4 rings (SSSR count). The van der Waals surface area contributed by atoms with Crippen LogP contribution >= 0.6 is 0 Å². The second-order valence-electron chi connectivity index (χ2n) is 10.1. The molecule has 1 N–H and O–H groups in total. The second kappa shape index (κ2) is 9.54. The number of carbonyl (C=O) groups excluding carboxylic acids is 1. The van der Waals surface area contributed by atoms with E-state index >= 15 is 0 Å². The largest absolute Gasteiger partial charge is 0.415 e. The summed E-state index contributed by atoms with van der Waals surface area (Å²) in [5.74, 6) is 3.19. The van der Waals surface area contributed by atoms with Gasteiger partial charge in [-0.2, -0.15) is 0 Å². The third-order valence-electron chi connectivity index (χ3n) is 7.47. The summed E-state index contributed by atoms with van der Waals surface area (Å²) in [6.07, 6.45) is 2.64. The summed E-state index contributed by atoms with van der Waals surface area (Å²) < 4.78 is 7.46. The molecule has 180 valence electrons. The van der Waals surface area contributed by atoms with Gasteiger partial charge in [-0.3, -0.25) is 5.10 Å². The lowest BCUT2D eigenvalue weighted by Gasteiger charge is -2.38. The molecule has 7 nitrogen and oxygen atoms in total. The fourth-order valence-corrected chi connectivity index (χ4v) is 5.47. The van der Waals surface area contributed by atoms with Crippen molar-refractivity contribution in [2.24, 2.45) is 23.7 Å². The Bertz CT molecular complexity index is 1200. The second-order valence-corrected chi connectivity index (χ2v) is 10.1. The molecule has 7 heteroatoms. The molecule has 1 fully saturated rings. The summed E-state index contributed by atoms with van der Waals surface area (Å²) in [5.41, 5.74) is 4.03. The molecule has 2 aromatic heterocycles. The molecule has 0 aliphatic heterocycles. The van der Waals surface area contributed by atoms with E-state index in [1.165, 1.54) is 23.3 Å². The lowest BCUT2D eigenvalue weighted by Crippen LogP contribution is -2.30. The highest BCUT2D eigenvalue weighted by atomic mass is 16.6. The minimum absolute atomic E-state index is 0.223. The molecule has 1 amide bonds. The monoisotopic (exact) mass is 461 g/mol. The Morgan fingerprint density at radius 3 is 2.47 bits per heavy atom. The van der Waals surface area contributed by atoms with Crippen LogP contribution in [-0.2, 0) is 6.42 Å². The fourth-order valence-electron chi connectivity index (χ4n) is 5.47. The van der Waals surface area contributed by atoms with Gasteiger partial charge in [-0.05, 0) is 56.8 Å². The SMILES string of the molecule is [C-]#[N+]c1c(CC2C(C)CC(C)CC2C)c2nc(-c3ccc(C)cc3)[nH]n2c1OC(=O)N(C)CC. The van der Waals surface area contributed by atoms with Crippen LogP contribution in [0.2, 0.25) is 0 Å². The highest BCUT2D eigenvalue weighted by Gasteiger charge is 2.35. The third-order valence-corrected chi connectivity index (χ3v) is 7.47. The molecular weight excluding hydrogens is 426 g/mol. The number of aryl methyl sites for hydroxylation is 1. The van der Waals surface area contributed by atoms with Gasteiger partial charge in [0.15, 0.2) is 5.82 Å². The topological polar surface area (TPSA) is 67.0 Å². The molecule has 2 unspecified atom stereocenters. The van der Waals surface area contributed by atoms with E-state index in [0.29, 0.717) is 41.5 Å². The molecule has 0 bridgehead atoms. The van der Waals surface area contributed by atoms with E-state index in [2.05, 4.69) is 30.7 Å². The first-order chi connectivity index (χ1) is 16.2. The van der Waals surface area contributed by atoms with Gasteiger partial charge < -0.3 is 9.64 Å². The maximum Gasteiger partial charge on any atom is 0.415 e. The van der Waals surface area contributed by atoms with E-state index in [4.69, 9.17) is 16.3 Å². The zero-order chi connectivity index (χ0) is 24.6. The summed E-state index contributed by atoms with van der Waals surface area (Å²) >= 11 is 0. The van der Waals surface area contributed by atoms with E-state index in [0.717, 1.165) is 23.5 Å². The average Bonchev–Trinajstić information content (AvgIpc) is 3.34. The third kappa shape index (κ3) is 4.42. The Labute approximate surface area is 201 Å². The molecule has 0 spiro atoms. The molecular formula is C27H35N5O2. The van der Waals surface area contributed by atoms with Crippen molar-refractivity contribution < 1.29 is 9.53 Å². The van der Waals surface area contributed by atoms with Gasteiger partial charge in [-0.15, -0.1) is 0 Å². The number of aromatic nitrogens is 3. The van der Waals surface area contributed by atoms with Crippen molar-refractivity contribution in [1.29, 1.82) is 0 Å². The van der Waals surface area contributed by atoms with Crippen LogP contribution in [0.5, 0.6) is 5.88 Å². The number of aromatic amines is 1. The number of amides is 1. The van der Waals surface area contributed by atoms with Crippen LogP contribution in [0.1, 0.15) is 51.7 Å². The summed E-state index contributed by atoms with van der Waals surface area (Å²) in [4.78, 5) is 22.9. The maximum absolute atomic E-state index is 12.7. The maximum atomic E-state index is 12.7. The quantitative estimate of drug-likeness (QED) is 0.441. The van der Waals surface area contributed by atoms with Crippen molar-refractivity contribution in [3.05, 3.63) is 46.8 Å². The predicted molar refractivity (Wildman–Crippen MR) is 134 cm³/mol. The van der Waals surface area contributed by atoms with Crippen molar-refractivity contribution in [3.8, 4) is 17.3 Å². The normalized spacial score (nSPS) is 22.5. The average molecular weight is 462 g/mol. The first-order valence-electron chi connectivity index (χ1n) is 12.2. The van der Waals surface area contributed by atoms with Crippen LogP contribution in [0, 0.1) is 37.2 Å². The number of carbonyl (C=O) groups is 1. The molecule has 34 heavy (non-hydrogen) atoms. The van der Waals surface area contributed by atoms with Crippen LogP contribution < -0.4 is 4.74 Å². The Kier molecular flexibility index (Phi) is 6.70. The van der Waals surface area contributed by atoms with Gasteiger partial charge in [0.05, 0.1) is 6.57 Å². The first kappa shape index (κ1) is 23.9. The number of nitrogens with zero attached hydrogens (tertiary/aromatic N) is 4. The van der Waals surface area contributed by atoms with Gasteiger partial charge in [0.25, 0.3) is 5.69 Å². The highest BCUT2D eigenvalue weighted by molar-refractivity contribution is 5.80. The number of benzene rings is 1. The van der Waals surface area contributed by atoms with Gasteiger partial charge in [-0.25, -0.2) is 19.1 Å². The van der Waals surface area contributed by atoms with Gasteiger partial charge in [0.1, 0.15) is 5.65 Å². The molecule has 1 saturated carbocycles. The Hall–Kier alpha value is -3.27. The molecule has 2 atom stereocenters. The van der Waals surface area contributed by atoms with Crippen molar-refractivity contribution >= 4 is 17.4 Å². The number of rotatable bonds is 5. The van der Waals surface area contributed by atoms with Gasteiger partial charge >= 0.3 is 6.09 Å². The molecule has 1 aliphatic rings. The zero-order valence-corrected chi connectivity index (χ0v) is 21.1.